The molecule has 0 aliphatic carbocycles. The number of H-pyrrole nitrogens is 1. The maximum absolute atomic E-state index is 13.2. The first-order valence-corrected chi connectivity index (χ1v) is 12.6. The van der Waals surface area contributed by atoms with E-state index in [1.54, 1.807) is 28.5 Å². The molecule has 2 aromatic heterocycles. The van der Waals surface area contributed by atoms with Crippen LogP contribution in [0.4, 0.5) is 0 Å². The number of carbonyl (C=O) groups is 1. The van der Waals surface area contributed by atoms with Crippen molar-refractivity contribution in [2.75, 3.05) is 26.2 Å². The van der Waals surface area contributed by atoms with E-state index in [1.807, 2.05) is 17.5 Å². The second-order valence-corrected chi connectivity index (χ2v) is 10.8. The van der Waals surface area contributed by atoms with E-state index in [1.165, 1.54) is 27.8 Å². The second-order valence-electron chi connectivity index (χ2n) is 7.06. The minimum absolute atomic E-state index is 0.130. The lowest BCUT2D eigenvalue weighted by molar-refractivity contribution is -0.135. The topological polar surface area (TPSA) is 91.3 Å². The van der Waals surface area contributed by atoms with Crippen molar-refractivity contribution in [3.63, 3.8) is 0 Å². The number of hydrogen-bond donors (Lipinski definition) is 1. The normalized spacial score (nSPS) is 16.4. The van der Waals surface area contributed by atoms with E-state index >= 15 is 0 Å². The van der Waals surface area contributed by atoms with Gasteiger partial charge >= 0.3 is 0 Å². The summed E-state index contributed by atoms with van der Waals surface area (Å²) in [6.07, 6.45) is 0. The highest BCUT2D eigenvalue weighted by atomic mass is 35.5. The molecule has 0 bridgehead atoms. The maximum Gasteiger partial charge on any atom is 0.245 e. The van der Waals surface area contributed by atoms with Crippen molar-refractivity contribution in [2.24, 2.45) is 0 Å². The Morgan fingerprint density at radius 3 is 2.61 bits per heavy atom. The lowest BCUT2D eigenvalue weighted by Gasteiger charge is -2.35. The predicted octanol–water partition coefficient (Wildman–Crippen LogP) is 3.42. The fourth-order valence-corrected chi connectivity index (χ4v) is 6.27. The molecule has 12 heteroatoms. The Hall–Kier alpha value is -2.05. The van der Waals surface area contributed by atoms with Gasteiger partial charge in [-0.3, -0.25) is 14.5 Å². The van der Waals surface area contributed by atoms with E-state index in [-0.39, 0.29) is 23.9 Å². The summed E-state index contributed by atoms with van der Waals surface area (Å²) in [6, 6.07) is 9.45. The molecule has 164 valence electrons. The van der Waals surface area contributed by atoms with Gasteiger partial charge in [-0.05, 0) is 48.8 Å². The third kappa shape index (κ3) is 4.33. The molecular weight excluding hydrogens is 478 g/mol. The molecule has 1 unspecified atom stereocenters. The van der Waals surface area contributed by atoms with Gasteiger partial charge in [0, 0.05) is 31.2 Å². The number of thiophene rings is 1. The summed E-state index contributed by atoms with van der Waals surface area (Å²) < 4.78 is 29.2. The van der Waals surface area contributed by atoms with E-state index in [4.69, 9.17) is 23.8 Å². The van der Waals surface area contributed by atoms with Crippen LogP contribution in [-0.4, -0.2) is 64.5 Å². The van der Waals surface area contributed by atoms with Crippen molar-refractivity contribution in [2.45, 2.75) is 17.9 Å². The van der Waals surface area contributed by atoms with Crippen LogP contribution < -0.4 is 0 Å². The van der Waals surface area contributed by atoms with Gasteiger partial charge in [-0.1, -0.05) is 23.7 Å². The molecule has 1 saturated heterocycles. The first-order chi connectivity index (χ1) is 14.8. The van der Waals surface area contributed by atoms with E-state index in [9.17, 15) is 13.2 Å². The molecule has 1 fully saturated rings. The Kier molecular flexibility index (Phi) is 6.31. The molecular formula is C19H20ClN5O3S3. The molecule has 1 aromatic carbocycles. The smallest absolute Gasteiger partial charge is 0.245 e. The van der Waals surface area contributed by atoms with Crippen LogP contribution in [0.5, 0.6) is 0 Å². The van der Waals surface area contributed by atoms with Crippen molar-refractivity contribution < 1.29 is 13.2 Å². The van der Waals surface area contributed by atoms with Crippen molar-refractivity contribution >= 4 is 51.1 Å². The van der Waals surface area contributed by atoms with Crippen LogP contribution in [0, 0.1) is 4.77 Å². The first kappa shape index (κ1) is 22.2. The van der Waals surface area contributed by atoms with Crippen LogP contribution in [0.1, 0.15) is 13.0 Å². The molecule has 3 heterocycles. The lowest BCUT2D eigenvalue weighted by atomic mass is 10.2. The third-order valence-electron chi connectivity index (χ3n) is 5.17. The summed E-state index contributed by atoms with van der Waals surface area (Å²) in [7, 11) is -3.66. The van der Waals surface area contributed by atoms with Crippen LogP contribution >= 0.6 is 35.2 Å². The molecule has 1 aliphatic heterocycles. The van der Waals surface area contributed by atoms with Crippen molar-refractivity contribution in [1.29, 1.82) is 0 Å². The number of piperazine rings is 1. The number of aromatic nitrogens is 3. The van der Waals surface area contributed by atoms with E-state index in [2.05, 4.69) is 10.2 Å². The Labute approximate surface area is 194 Å². The van der Waals surface area contributed by atoms with Crippen LogP contribution in [-0.2, 0) is 14.8 Å². The quantitative estimate of drug-likeness (QED) is 0.545. The molecule has 31 heavy (non-hydrogen) atoms. The van der Waals surface area contributed by atoms with Gasteiger partial charge < -0.3 is 4.90 Å². The largest absolute Gasteiger partial charge is 0.338 e. The number of aromatic amines is 1. The fraction of sp³-hybridized carbons (Fsp3) is 0.316. The van der Waals surface area contributed by atoms with Gasteiger partial charge in [-0.15, -0.1) is 11.3 Å². The Balaban J connectivity index is 1.48. The maximum atomic E-state index is 13.2. The molecule has 3 aromatic rings. The van der Waals surface area contributed by atoms with Gasteiger partial charge in [-0.25, -0.2) is 8.42 Å². The zero-order valence-corrected chi connectivity index (χ0v) is 19.8. The van der Waals surface area contributed by atoms with Gasteiger partial charge in [0.15, 0.2) is 10.6 Å². The Morgan fingerprint density at radius 2 is 1.97 bits per heavy atom. The minimum Gasteiger partial charge on any atom is -0.338 e. The molecule has 0 spiro atoms. The van der Waals surface area contributed by atoms with E-state index in [0.29, 0.717) is 28.7 Å². The van der Waals surface area contributed by atoms with Crippen molar-refractivity contribution in [1.82, 2.24) is 24.0 Å². The summed E-state index contributed by atoms with van der Waals surface area (Å²) in [6.45, 7) is 2.79. The molecule has 0 saturated carbocycles. The van der Waals surface area contributed by atoms with Gasteiger partial charge in [-0.2, -0.15) is 9.40 Å². The van der Waals surface area contributed by atoms with Crippen LogP contribution in [0.15, 0.2) is 46.7 Å². The minimum atomic E-state index is -3.66. The molecule has 1 aliphatic rings. The molecule has 1 amide bonds. The second kappa shape index (κ2) is 8.83. The number of nitrogens with one attached hydrogen (secondary N) is 1. The summed E-state index contributed by atoms with van der Waals surface area (Å²) in [5, 5.41) is 9.34. The van der Waals surface area contributed by atoms with Crippen LogP contribution in [0.2, 0.25) is 5.02 Å². The fourth-order valence-electron chi connectivity index (χ4n) is 3.54. The predicted molar refractivity (Wildman–Crippen MR) is 122 cm³/mol. The summed E-state index contributed by atoms with van der Waals surface area (Å²) in [5.41, 5.74) is 0. The molecule has 1 N–H and O–H groups in total. The van der Waals surface area contributed by atoms with E-state index in [0.717, 1.165) is 4.88 Å². The average Bonchev–Trinajstić information content (AvgIpc) is 3.42. The van der Waals surface area contributed by atoms with Crippen LogP contribution in [0.3, 0.4) is 0 Å². The highest BCUT2D eigenvalue weighted by Gasteiger charge is 2.33. The zero-order valence-electron chi connectivity index (χ0n) is 16.6. The number of rotatable bonds is 5. The van der Waals surface area contributed by atoms with E-state index < -0.39 is 16.1 Å². The van der Waals surface area contributed by atoms with Gasteiger partial charge in [0.05, 0.1) is 9.77 Å². The Morgan fingerprint density at radius 1 is 1.23 bits per heavy atom. The number of carbonyl (C=O) groups excluding carboxylic acids is 1. The number of sulfonamides is 1. The average molecular weight is 498 g/mol. The van der Waals surface area contributed by atoms with Gasteiger partial charge in [0.25, 0.3) is 0 Å². The van der Waals surface area contributed by atoms with Gasteiger partial charge in [0.1, 0.15) is 6.04 Å². The highest BCUT2D eigenvalue weighted by Crippen LogP contribution is 2.27. The first-order valence-electron chi connectivity index (χ1n) is 9.54. The highest BCUT2D eigenvalue weighted by molar-refractivity contribution is 7.89. The van der Waals surface area contributed by atoms with Gasteiger partial charge in [0.2, 0.25) is 15.9 Å². The number of hydrogen-bond acceptors (Lipinski definition) is 6. The third-order valence-corrected chi connectivity index (χ3v) is 8.46. The molecule has 4 rings (SSSR count). The van der Waals surface area contributed by atoms with Crippen molar-refractivity contribution in [3.8, 4) is 10.7 Å². The standard InChI is InChI=1S/C19H20ClN5O3S3/c1-13(25-17(21-22-19(25)29)16-6-3-11-30-16)18(26)23-7-9-24(10-8-23)31(27,28)15-5-2-4-14(20)12-15/h2-6,11-13H,7-10H2,1H3,(H,22,29). The lowest BCUT2D eigenvalue weighted by Crippen LogP contribution is -2.51. The SMILES string of the molecule is CC(C(=O)N1CCN(S(=O)(=O)c2cccc(Cl)c2)CC1)n1c(-c2cccs2)n[nH]c1=S. The monoisotopic (exact) mass is 497 g/mol. The van der Waals surface area contributed by atoms with Crippen molar-refractivity contribution in [3.05, 3.63) is 51.6 Å². The number of nitrogens with zero attached hydrogens (tertiary/aromatic N) is 4. The molecule has 8 nitrogen and oxygen atoms in total. The number of amides is 1. The zero-order chi connectivity index (χ0) is 22.2. The number of halogens is 1. The van der Waals surface area contributed by atoms with Crippen LogP contribution in [0.25, 0.3) is 10.7 Å². The summed E-state index contributed by atoms with van der Waals surface area (Å²) in [5.74, 6) is 0.484. The summed E-state index contributed by atoms with van der Waals surface area (Å²) >= 11 is 12.8. The molecule has 0 radical (unpaired) electrons. The summed E-state index contributed by atoms with van der Waals surface area (Å²) in [4.78, 5) is 15.9. The Bertz CT molecular complexity index is 1240. The molecule has 1 atom stereocenters. The number of benzene rings is 1.